The summed E-state index contributed by atoms with van der Waals surface area (Å²) in [6.45, 7) is 4.09. The van der Waals surface area contributed by atoms with Gasteiger partial charge >= 0.3 is 0 Å². The molecule has 1 aromatic heterocycles. The monoisotopic (exact) mass is 549 g/mol. The molecule has 1 unspecified atom stereocenters. The fourth-order valence-corrected chi connectivity index (χ4v) is 5.38. The lowest BCUT2D eigenvalue weighted by Crippen LogP contribution is -2.32. The van der Waals surface area contributed by atoms with E-state index in [1.807, 2.05) is 43.3 Å². The highest BCUT2D eigenvalue weighted by molar-refractivity contribution is 7.98. The van der Waals surface area contributed by atoms with E-state index in [9.17, 15) is 4.79 Å². The number of fused-ring (bicyclic) bond motifs is 1. The first-order chi connectivity index (χ1) is 18.5. The zero-order valence-electron chi connectivity index (χ0n) is 20.7. The molecular weight excluding hydrogens is 525 g/mol. The second kappa shape index (κ2) is 11.3. The van der Waals surface area contributed by atoms with Gasteiger partial charge in [-0.25, -0.2) is 9.07 Å². The van der Waals surface area contributed by atoms with Crippen LogP contribution >= 0.6 is 23.4 Å². The molecule has 0 aliphatic carbocycles. The van der Waals surface area contributed by atoms with Crippen LogP contribution in [0.2, 0.25) is 5.02 Å². The highest BCUT2D eigenvalue weighted by atomic mass is 35.5. The van der Waals surface area contributed by atoms with E-state index in [2.05, 4.69) is 20.7 Å². The molecule has 0 radical (unpaired) electrons. The van der Waals surface area contributed by atoms with Crippen molar-refractivity contribution in [1.82, 2.24) is 14.8 Å². The van der Waals surface area contributed by atoms with Gasteiger partial charge in [-0.1, -0.05) is 71.9 Å². The average molecular weight is 550 g/mol. The number of rotatable bonds is 8. The number of hydrogen-bond donors (Lipinski definition) is 2. The number of halogens is 2. The largest absolute Gasteiger partial charge is 0.492 e. The van der Waals surface area contributed by atoms with Gasteiger partial charge in [0.25, 0.3) is 5.91 Å². The van der Waals surface area contributed by atoms with Gasteiger partial charge in [-0.2, -0.15) is 4.98 Å². The summed E-state index contributed by atoms with van der Waals surface area (Å²) in [5, 5.41) is 11.9. The standard InChI is InChI=1S/C28H25ClFN5O2S/c1-3-37-23-15-9-8-14-22(23)32-26(36)24-17(2)31-27-33-28(38-16-18-10-4-6-12-20(18)29)34-35(27)25(24)19-11-5-7-13-21(19)30/h4-15,25H,3,16H2,1-2H3,(H,32,36)(H,31,33,34). The molecule has 2 heterocycles. The van der Waals surface area contributed by atoms with Gasteiger partial charge in [-0.15, -0.1) is 5.10 Å². The first-order valence-corrected chi connectivity index (χ1v) is 13.4. The Balaban J connectivity index is 1.50. The number of nitrogens with one attached hydrogen (secondary N) is 2. The number of anilines is 2. The van der Waals surface area contributed by atoms with Crippen molar-refractivity contribution < 1.29 is 13.9 Å². The number of carbonyl (C=O) groups is 1. The summed E-state index contributed by atoms with van der Waals surface area (Å²) in [6.07, 6.45) is 0. The Morgan fingerprint density at radius 3 is 2.66 bits per heavy atom. The predicted molar refractivity (Wildman–Crippen MR) is 148 cm³/mol. The number of para-hydroxylation sites is 2. The van der Waals surface area contributed by atoms with Crippen LogP contribution in [0.25, 0.3) is 0 Å². The van der Waals surface area contributed by atoms with E-state index in [4.69, 9.17) is 16.3 Å². The third-order valence-corrected chi connectivity index (χ3v) is 7.28. The molecule has 1 aliphatic heterocycles. The molecule has 194 valence electrons. The summed E-state index contributed by atoms with van der Waals surface area (Å²) in [5.74, 6) is 0.679. The molecule has 0 saturated carbocycles. The number of benzene rings is 3. The number of thioether (sulfide) groups is 1. The van der Waals surface area contributed by atoms with E-state index < -0.39 is 17.8 Å². The molecular formula is C28H25ClFN5O2S. The maximum Gasteiger partial charge on any atom is 0.255 e. The molecule has 2 N–H and O–H groups in total. The van der Waals surface area contributed by atoms with Gasteiger partial charge in [-0.05, 0) is 43.7 Å². The van der Waals surface area contributed by atoms with Crippen LogP contribution in [0.4, 0.5) is 16.0 Å². The molecule has 3 aromatic carbocycles. The highest BCUT2D eigenvalue weighted by Crippen LogP contribution is 2.38. The van der Waals surface area contributed by atoms with Crippen molar-refractivity contribution in [3.63, 3.8) is 0 Å². The number of ether oxygens (including phenoxy) is 1. The lowest BCUT2D eigenvalue weighted by molar-refractivity contribution is -0.113. The zero-order valence-corrected chi connectivity index (χ0v) is 22.3. The molecule has 1 aliphatic rings. The van der Waals surface area contributed by atoms with Crippen LogP contribution in [0.3, 0.4) is 0 Å². The summed E-state index contributed by atoms with van der Waals surface area (Å²) in [7, 11) is 0. The van der Waals surface area contributed by atoms with E-state index >= 15 is 4.39 Å². The molecule has 10 heteroatoms. The van der Waals surface area contributed by atoms with Gasteiger partial charge in [0.05, 0.1) is 17.9 Å². The van der Waals surface area contributed by atoms with Gasteiger partial charge in [0.1, 0.15) is 17.6 Å². The third-order valence-electron chi connectivity index (χ3n) is 6.03. The van der Waals surface area contributed by atoms with Gasteiger partial charge in [-0.3, -0.25) is 4.79 Å². The SMILES string of the molecule is CCOc1ccccc1NC(=O)C1=C(C)Nc2nc(SCc3ccccc3Cl)nn2C1c1ccccc1F. The Kier molecular flexibility index (Phi) is 7.67. The third kappa shape index (κ3) is 5.25. The lowest BCUT2D eigenvalue weighted by atomic mass is 9.94. The number of amides is 1. The number of hydrogen-bond acceptors (Lipinski definition) is 6. The second-order valence-electron chi connectivity index (χ2n) is 8.51. The molecule has 38 heavy (non-hydrogen) atoms. The maximum atomic E-state index is 15.2. The average Bonchev–Trinajstić information content (AvgIpc) is 3.31. The zero-order chi connectivity index (χ0) is 26.6. The molecule has 0 spiro atoms. The number of aromatic nitrogens is 3. The van der Waals surface area contributed by atoms with Crippen LogP contribution in [-0.2, 0) is 10.5 Å². The van der Waals surface area contributed by atoms with Crippen LogP contribution in [0.5, 0.6) is 5.75 Å². The van der Waals surface area contributed by atoms with Gasteiger partial charge in [0.15, 0.2) is 0 Å². The van der Waals surface area contributed by atoms with Crippen molar-refractivity contribution in [2.75, 3.05) is 17.2 Å². The van der Waals surface area contributed by atoms with Crippen molar-refractivity contribution in [3.8, 4) is 5.75 Å². The number of carbonyl (C=O) groups excluding carboxylic acids is 1. The molecule has 0 saturated heterocycles. The van der Waals surface area contributed by atoms with E-state index in [0.717, 1.165) is 5.56 Å². The van der Waals surface area contributed by atoms with Crippen LogP contribution in [0.15, 0.2) is 89.2 Å². The Morgan fingerprint density at radius 1 is 1.13 bits per heavy atom. The van der Waals surface area contributed by atoms with Crippen molar-refractivity contribution in [2.45, 2.75) is 30.8 Å². The molecule has 0 bridgehead atoms. The van der Waals surface area contributed by atoms with Crippen LogP contribution in [0, 0.1) is 5.82 Å². The van der Waals surface area contributed by atoms with Crippen molar-refractivity contribution >= 4 is 40.9 Å². The first-order valence-electron chi connectivity index (χ1n) is 12.0. The fourth-order valence-electron chi connectivity index (χ4n) is 4.27. The molecule has 1 amide bonds. The summed E-state index contributed by atoms with van der Waals surface area (Å²) < 4.78 is 22.4. The lowest BCUT2D eigenvalue weighted by Gasteiger charge is -2.29. The molecule has 4 aromatic rings. The topological polar surface area (TPSA) is 81.1 Å². The Morgan fingerprint density at radius 2 is 1.87 bits per heavy atom. The molecule has 5 rings (SSSR count). The molecule has 7 nitrogen and oxygen atoms in total. The second-order valence-corrected chi connectivity index (χ2v) is 9.86. The van der Waals surface area contributed by atoms with Crippen molar-refractivity contribution in [1.29, 1.82) is 0 Å². The summed E-state index contributed by atoms with van der Waals surface area (Å²) >= 11 is 7.72. The predicted octanol–water partition coefficient (Wildman–Crippen LogP) is 6.69. The van der Waals surface area contributed by atoms with Crippen LogP contribution in [0.1, 0.15) is 31.0 Å². The molecule has 0 fully saturated rings. The van der Waals surface area contributed by atoms with Crippen LogP contribution in [-0.4, -0.2) is 27.3 Å². The van der Waals surface area contributed by atoms with Gasteiger partial charge < -0.3 is 15.4 Å². The quantitative estimate of drug-likeness (QED) is 0.238. The summed E-state index contributed by atoms with van der Waals surface area (Å²) in [4.78, 5) is 18.3. The minimum Gasteiger partial charge on any atom is -0.492 e. The maximum absolute atomic E-state index is 15.2. The minimum absolute atomic E-state index is 0.311. The summed E-state index contributed by atoms with van der Waals surface area (Å²) in [5.41, 5.74) is 2.65. The van der Waals surface area contributed by atoms with Crippen LogP contribution < -0.4 is 15.4 Å². The van der Waals surface area contributed by atoms with E-state index in [1.54, 1.807) is 41.9 Å². The van der Waals surface area contributed by atoms with E-state index in [0.29, 0.717) is 56.8 Å². The minimum atomic E-state index is -0.839. The van der Waals surface area contributed by atoms with E-state index in [-0.39, 0.29) is 0 Å². The van der Waals surface area contributed by atoms with Gasteiger partial charge in [0.2, 0.25) is 11.1 Å². The Labute approximate surface area is 229 Å². The van der Waals surface area contributed by atoms with Gasteiger partial charge in [0, 0.05) is 22.0 Å². The smallest absolute Gasteiger partial charge is 0.255 e. The molecule has 1 atom stereocenters. The summed E-state index contributed by atoms with van der Waals surface area (Å²) in [6, 6.07) is 20.3. The van der Waals surface area contributed by atoms with E-state index in [1.165, 1.54) is 17.8 Å². The number of allylic oxidation sites excluding steroid dienone is 1. The number of nitrogens with zero attached hydrogens (tertiary/aromatic N) is 3. The fraction of sp³-hybridized carbons (Fsp3) is 0.179. The van der Waals surface area contributed by atoms with Crippen molar-refractivity contribution in [3.05, 3.63) is 106 Å². The normalized spacial score (nSPS) is 14.6. The Hall–Kier alpha value is -3.82. The van der Waals surface area contributed by atoms with Crippen molar-refractivity contribution in [2.24, 2.45) is 0 Å². The Bertz CT molecular complexity index is 1520. The highest BCUT2D eigenvalue weighted by Gasteiger charge is 2.36. The first kappa shape index (κ1) is 25.8.